The van der Waals surface area contributed by atoms with Crippen molar-refractivity contribution in [2.45, 2.75) is 32.8 Å². The number of para-hydroxylation sites is 1. The number of hydrogen-bond acceptors (Lipinski definition) is 3. The topological polar surface area (TPSA) is 58.6 Å². The summed E-state index contributed by atoms with van der Waals surface area (Å²) in [5, 5.41) is 11.9. The highest BCUT2D eigenvalue weighted by Gasteiger charge is 2.11. The van der Waals surface area contributed by atoms with Crippen LogP contribution in [0.3, 0.4) is 0 Å². The van der Waals surface area contributed by atoms with Gasteiger partial charge in [0.1, 0.15) is 5.75 Å². The number of benzene rings is 2. The molecule has 2 rings (SSSR count). The van der Waals surface area contributed by atoms with E-state index in [1.807, 2.05) is 24.3 Å². The second kappa shape index (κ2) is 8.34. The Hall–Kier alpha value is -2.33. The van der Waals surface area contributed by atoms with E-state index in [9.17, 15) is 4.79 Å². The van der Waals surface area contributed by atoms with Gasteiger partial charge in [-0.1, -0.05) is 44.2 Å². The first-order valence-corrected chi connectivity index (χ1v) is 7.85. The molecular weight excluding hydrogens is 290 g/mol. The van der Waals surface area contributed by atoms with Gasteiger partial charge in [0.25, 0.3) is 5.91 Å². The Kier molecular flexibility index (Phi) is 6.18. The summed E-state index contributed by atoms with van der Waals surface area (Å²) in [5.74, 6) is 0.913. The van der Waals surface area contributed by atoms with Crippen LogP contribution in [0.4, 0.5) is 5.69 Å². The Bertz CT molecular complexity index is 655. The van der Waals surface area contributed by atoms with Crippen LogP contribution in [0.2, 0.25) is 0 Å². The number of amides is 1. The van der Waals surface area contributed by atoms with E-state index in [4.69, 9.17) is 9.84 Å². The highest BCUT2D eigenvalue weighted by Crippen LogP contribution is 2.28. The lowest BCUT2D eigenvalue weighted by Crippen LogP contribution is -2.20. The number of hydrogen-bond donors (Lipinski definition) is 2. The number of carbonyl (C=O) groups is 1. The van der Waals surface area contributed by atoms with Crippen LogP contribution in [0, 0.1) is 0 Å². The predicted octanol–water partition coefficient (Wildman–Crippen LogP) is 3.71. The highest BCUT2D eigenvalue weighted by atomic mass is 16.5. The smallest absolute Gasteiger partial charge is 0.262 e. The number of nitrogens with one attached hydrogen (secondary N) is 1. The van der Waals surface area contributed by atoms with Crippen LogP contribution in [0.5, 0.6) is 5.75 Å². The van der Waals surface area contributed by atoms with E-state index in [1.54, 1.807) is 24.3 Å². The van der Waals surface area contributed by atoms with Gasteiger partial charge in [0.05, 0.1) is 6.61 Å². The number of carbonyl (C=O) groups excluding carboxylic acids is 1. The third-order valence-electron chi connectivity index (χ3n) is 3.81. The standard InChI is InChI=1S/C19H23NO3/c1-3-14(2)17-9-4-5-10-18(17)23-13-19(22)20-16-8-6-7-15(11-16)12-21/h4-11,14,21H,3,12-13H2,1-2H3,(H,20,22). The minimum absolute atomic E-state index is 0.0448. The fourth-order valence-electron chi connectivity index (χ4n) is 2.33. The van der Waals surface area contributed by atoms with Crippen molar-refractivity contribution in [2.75, 3.05) is 11.9 Å². The average Bonchev–Trinajstić information content (AvgIpc) is 2.59. The van der Waals surface area contributed by atoms with Gasteiger partial charge in [0, 0.05) is 5.69 Å². The largest absolute Gasteiger partial charge is 0.483 e. The van der Waals surface area contributed by atoms with Crippen molar-refractivity contribution in [3.05, 3.63) is 59.7 Å². The lowest BCUT2D eigenvalue weighted by Gasteiger charge is -2.15. The molecule has 2 N–H and O–H groups in total. The van der Waals surface area contributed by atoms with E-state index in [1.165, 1.54) is 0 Å². The van der Waals surface area contributed by atoms with Crippen molar-refractivity contribution < 1.29 is 14.6 Å². The van der Waals surface area contributed by atoms with Crippen LogP contribution >= 0.6 is 0 Å². The molecule has 0 heterocycles. The number of anilines is 1. The minimum Gasteiger partial charge on any atom is -0.483 e. The molecule has 0 saturated carbocycles. The number of ether oxygens (including phenoxy) is 1. The molecule has 0 aliphatic heterocycles. The van der Waals surface area contributed by atoms with Gasteiger partial charge < -0.3 is 15.2 Å². The molecule has 1 atom stereocenters. The molecule has 1 amide bonds. The Morgan fingerprint density at radius 1 is 1.22 bits per heavy atom. The van der Waals surface area contributed by atoms with Crippen LogP contribution in [0.15, 0.2) is 48.5 Å². The van der Waals surface area contributed by atoms with Crippen molar-refractivity contribution in [3.8, 4) is 5.75 Å². The molecule has 0 fully saturated rings. The fraction of sp³-hybridized carbons (Fsp3) is 0.316. The number of aliphatic hydroxyl groups is 1. The molecule has 122 valence electrons. The van der Waals surface area contributed by atoms with E-state index in [2.05, 4.69) is 19.2 Å². The van der Waals surface area contributed by atoms with E-state index in [-0.39, 0.29) is 19.1 Å². The van der Waals surface area contributed by atoms with Crippen LogP contribution in [-0.4, -0.2) is 17.6 Å². The number of rotatable bonds is 7. The molecule has 1 unspecified atom stereocenters. The molecule has 0 spiro atoms. The lowest BCUT2D eigenvalue weighted by molar-refractivity contribution is -0.118. The minimum atomic E-state index is -0.223. The Morgan fingerprint density at radius 3 is 2.74 bits per heavy atom. The zero-order valence-corrected chi connectivity index (χ0v) is 13.6. The van der Waals surface area contributed by atoms with Crippen molar-refractivity contribution in [1.29, 1.82) is 0 Å². The molecule has 23 heavy (non-hydrogen) atoms. The molecule has 0 saturated heterocycles. The first-order valence-electron chi connectivity index (χ1n) is 7.85. The predicted molar refractivity (Wildman–Crippen MR) is 91.6 cm³/mol. The van der Waals surface area contributed by atoms with Gasteiger partial charge in [-0.25, -0.2) is 0 Å². The van der Waals surface area contributed by atoms with E-state index < -0.39 is 0 Å². The quantitative estimate of drug-likeness (QED) is 0.819. The van der Waals surface area contributed by atoms with Crippen molar-refractivity contribution in [3.63, 3.8) is 0 Å². The maximum absolute atomic E-state index is 12.0. The van der Waals surface area contributed by atoms with Crippen LogP contribution in [0.25, 0.3) is 0 Å². The van der Waals surface area contributed by atoms with Crippen LogP contribution < -0.4 is 10.1 Å². The van der Waals surface area contributed by atoms with Crippen molar-refractivity contribution in [1.82, 2.24) is 0 Å². The zero-order valence-electron chi connectivity index (χ0n) is 13.6. The summed E-state index contributed by atoms with van der Waals surface area (Å²) in [6, 6.07) is 14.9. The lowest BCUT2D eigenvalue weighted by atomic mass is 9.98. The summed E-state index contributed by atoms with van der Waals surface area (Å²) in [6.45, 7) is 4.17. The van der Waals surface area contributed by atoms with Crippen LogP contribution in [0.1, 0.15) is 37.3 Å². The third-order valence-corrected chi connectivity index (χ3v) is 3.81. The molecule has 4 nitrogen and oxygen atoms in total. The zero-order chi connectivity index (χ0) is 16.7. The van der Waals surface area contributed by atoms with Crippen molar-refractivity contribution >= 4 is 11.6 Å². The third kappa shape index (κ3) is 4.83. The molecule has 0 radical (unpaired) electrons. The van der Waals surface area contributed by atoms with E-state index in [0.717, 1.165) is 23.3 Å². The average molecular weight is 313 g/mol. The molecule has 2 aromatic carbocycles. The van der Waals surface area contributed by atoms with E-state index >= 15 is 0 Å². The normalized spacial score (nSPS) is 11.8. The molecule has 0 bridgehead atoms. The van der Waals surface area contributed by atoms with Gasteiger partial charge in [0.15, 0.2) is 6.61 Å². The van der Waals surface area contributed by atoms with Crippen LogP contribution in [-0.2, 0) is 11.4 Å². The van der Waals surface area contributed by atoms with Crippen molar-refractivity contribution in [2.24, 2.45) is 0 Å². The van der Waals surface area contributed by atoms with Gasteiger partial charge in [-0.3, -0.25) is 4.79 Å². The SMILES string of the molecule is CCC(C)c1ccccc1OCC(=O)Nc1cccc(CO)c1. The summed E-state index contributed by atoms with van der Waals surface area (Å²) in [6.07, 6.45) is 1.01. The highest BCUT2D eigenvalue weighted by molar-refractivity contribution is 5.91. The summed E-state index contributed by atoms with van der Waals surface area (Å²) >= 11 is 0. The second-order valence-corrected chi connectivity index (χ2v) is 5.54. The van der Waals surface area contributed by atoms with Gasteiger partial charge in [-0.15, -0.1) is 0 Å². The summed E-state index contributed by atoms with van der Waals surface area (Å²) in [4.78, 5) is 12.0. The van der Waals surface area contributed by atoms with Gasteiger partial charge in [-0.2, -0.15) is 0 Å². The number of aliphatic hydroxyl groups excluding tert-OH is 1. The molecule has 0 aliphatic rings. The Morgan fingerprint density at radius 2 is 2.00 bits per heavy atom. The van der Waals surface area contributed by atoms with Gasteiger partial charge in [-0.05, 0) is 41.7 Å². The first-order chi connectivity index (χ1) is 11.1. The maximum Gasteiger partial charge on any atom is 0.262 e. The monoisotopic (exact) mass is 313 g/mol. The maximum atomic E-state index is 12.0. The Balaban J connectivity index is 1.97. The molecule has 2 aromatic rings. The fourth-order valence-corrected chi connectivity index (χ4v) is 2.33. The summed E-state index contributed by atoms with van der Waals surface area (Å²) < 4.78 is 5.69. The molecular formula is C19H23NO3. The first kappa shape index (κ1) is 17.0. The van der Waals surface area contributed by atoms with Gasteiger partial charge >= 0.3 is 0 Å². The summed E-state index contributed by atoms with van der Waals surface area (Å²) in [7, 11) is 0. The molecule has 0 aliphatic carbocycles. The van der Waals surface area contributed by atoms with Gasteiger partial charge in [0.2, 0.25) is 0 Å². The van der Waals surface area contributed by atoms with E-state index in [0.29, 0.717) is 11.6 Å². The molecule has 0 aromatic heterocycles. The second-order valence-electron chi connectivity index (χ2n) is 5.54. The Labute approximate surface area is 137 Å². The molecule has 4 heteroatoms. The summed E-state index contributed by atoms with van der Waals surface area (Å²) in [5.41, 5.74) is 2.52.